The summed E-state index contributed by atoms with van der Waals surface area (Å²) in [6.45, 7) is -0.367. The summed E-state index contributed by atoms with van der Waals surface area (Å²) in [5.74, 6) is -0.711. The number of benzene rings is 3. The first-order valence-electron chi connectivity index (χ1n) is 11.4. The molecule has 1 aromatic heterocycles. The molecule has 0 fully saturated rings. The first-order chi connectivity index (χ1) is 17.9. The van der Waals surface area contributed by atoms with Crippen LogP contribution in [-0.4, -0.2) is 37.9 Å². The van der Waals surface area contributed by atoms with Crippen LogP contribution < -0.4 is 19.6 Å². The summed E-state index contributed by atoms with van der Waals surface area (Å²) in [5, 5.41) is 9.89. The average Bonchev–Trinajstić information content (AvgIpc) is 2.91. The molecular formula is C28H22O9. The molecule has 1 aliphatic heterocycles. The SMILES string of the molecule is COC(=O)COc1c(OC)cccc1[C@@H]1CC(=O)Oc2ccc3c(=O)c(-c4ccc(O)cc4)coc3c21. The van der Waals surface area contributed by atoms with E-state index in [4.69, 9.17) is 18.6 Å². The molecule has 0 radical (unpaired) electrons. The van der Waals surface area contributed by atoms with Gasteiger partial charge in [0.2, 0.25) is 5.43 Å². The van der Waals surface area contributed by atoms with Crippen molar-refractivity contribution in [3.63, 3.8) is 0 Å². The summed E-state index contributed by atoms with van der Waals surface area (Å²) < 4.78 is 27.4. The van der Waals surface area contributed by atoms with Gasteiger partial charge in [-0.2, -0.15) is 0 Å². The maximum absolute atomic E-state index is 13.5. The highest BCUT2D eigenvalue weighted by atomic mass is 16.6. The first kappa shape index (κ1) is 23.9. The van der Waals surface area contributed by atoms with E-state index in [0.717, 1.165) is 0 Å². The fraction of sp³-hybridized carbons (Fsp3) is 0.179. The second-order valence-corrected chi connectivity index (χ2v) is 8.35. The fourth-order valence-corrected chi connectivity index (χ4v) is 4.47. The van der Waals surface area contributed by atoms with Gasteiger partial charge in [0, 0.05) is 17.0 Å². The van der Waals surface area contributed by atoms with Crippen molar-refractivity contribution < 1.29 is 38.1 Å². The number of phenols is 1. The number of aromatic hydroxyl groups is 1. The Balaban J connectivity index is 1.69. The minimum Gasteiger partial charge on any atom is -0.508 e. The maximum atomic E-state index is 13.5. The quantitative estimate of drug-likeness (QED) is 0.306. The molecule has 1 atom stereocenters. The van der Waals surface area contributed by atoms with Crippen LogP contribution in [0.3, 0.4) is 0 Å². The van der Waals surface area contributed by atoms with Gasteiger partial charge in [0.05, 0.1) is 31.6 Å². The zero-order valence-corrected chi connectivity index (χ0v) is 20.0. The van der Waals surface area contributed by atoms with Crippen LogP contribution in [0.5, 0.6) is 23.0 Å². The van der Waals surface area contributed by atoms with Gasteiger partial charge in [0.1, 0.15) is 23.3 Å². The molecule has 0 aliphatic carbocycles. The molecule has 9 heteroatoms. The molecule has 0 saturated carbocycles. The molecule has 5 rings (SSSR count). The predicted molar refractivity (Wildman–Crippen MR) is 132 cm³/mol. The van der Waals surface area contributed by atoms with Gasteiger partial charge in [-0.15, -0.1) is 0 Å². The Hall–Kier alpha value is -4.79. The first-order valence-corrected chi connectivity index (χ1v) is 11.4. The van der Waals surface area contributed by atoms with Crippen LogP contribution in [0, 0.1) is 0 Å². The van der Waals surface area contributed by atoms with Gasteiger partial charge in [-0.3, -0.25) is 9.59 Å². The molecule has 1 N–H and O–H groups in total. The van der Waals surface area contributed by atoms with Gasteiger partial charge in [0.25, 0.3) is 0 Å². The Morgan fingerprint density at radius 1 is 1.05 bits per heavy atom. The molecular weight excluding hydrogens is 480 g/mol. The number of fused-ring (bicyclic) bond motifs is 3. The molecule has 0 bridgehead atoms. The Morgan fingerprint density at radius 3 is 2.57 bits per heavy atom. The number of rotatable bonds is 6. The highest BCUT2D eigenvalue weighted by molar-refractivity contribution is 5.90. The number of esters is 2. The summed E-state index contributed by atoms with van der Waals surface area (Å²) in [6, 6.07) is 14.5. The van der Waals surface area contributed by atoms with Gasteiger partial charge in [-0.1, -0.05) is 24.3 Å². The molecule has 3 aromatic carbocycles. The smallest absolute Gasteiger partial charge is 0.343 e. The van der Waals surface area contributed by atoms with Gasteiger partial charge in [0.15, 0.2) is 18.1 Å². The number of ether oxygens (including phenoxy) is 4. The van der Waals surface area contributed by atoms with E-state index in [9.17, 15) is 19.5 Å². The lowest BCUT2D eigenvalue weighted by Crippen LogP contribution is -2.23. The molecule has 4 aromatic rings. The molecule has 0 unspecified atom stereocenters. The van der Waals surface area contributed by atoms with E-state index in [2.05, 4.69) is 4.74 Å². The molecule has 2 heterocycles. The maximum Gasteiger partial charge on any atom is 0.343 e. The minimum absolute atomic E-state index is 0.0582. The Kier molecular flexibility index (Phi) is 6.27. The van der Waals surface area contributed by atoms with E-state index in [0.29, 0.717) is 33.4 Å². The Morgan fingerprint density at radius 2 is 1.84 bits per heavy atom. The summed E-state index contributed by atoms with van der Waals surface area (Å²) in [4.78, 5) is 37.8. The third-order valence-electron chi connectivity index (χ3n) is 6.23. The number of phenolic OH excluding ortho intramolecular Hbond substituents is 1. The summed E-state index contributed by atoms with van der Waals surface area (Å²) in [6.07, 6.45) is 1.29. The highest BCUT2D eigenvalue weighted by Crippen LogP contribution is 2.47. The lowest BCUT2D eigenvalue weighted by molar-refractivity contribution is -0.143. The normalized spacial score (nSPS) is 14.5. The van der Waals surface area contributed by atoms with Crippen molar-refractivity contribution in [2.75, 3.05) is 20.8 Å². The van der Waals surface area contributed by atoms with Gasteiger partial charge in [-0.25, -0.2) is 4.79 Å². The van der Waals surface area contributed by atoms with Crippen molar-refractivity contribution >= 4 is 22.9 Å². The molecule has 9 nitrogen and oxygen atoms in total. The van der Waals surface area contributed by atoms with Crippen molar-refractivity contribution in [3.8, 4) is 34.1 Å². The van der Waals surface area contributed by atoms with Crippen molar-refractivity contribution in [1.29, 1.82) is 0 Å². The van der Waals surface area contributed by atoms with Crippen LogP contribution in [0.15, 0.2) is 70.1 Å². The predicted octanol–water partition coefficient (Wildman–Crippen LogP) is 4.17. The third-order valence-corrected chi connectivity index (χ3v) is 6.23. The van der Waals surface area contributed by atoms with Crippen LogP contribution in [0.2, 0.25) is 0 Å². The monoisotopic (exact) mass is 502 g/mol. The summed E-state index contributed by atoms with van der Waals surface area (Å²) >= 11 is 0. The second kappa shape index (κ2) is 9.69. The van der Waals surface area contributed by atoms with E-state index in [1.54, 1.807) is 42.5 Å². The minimum atomic E-state index is -0.620. The number of methoxy groups -OCH3 is 2. The average molecular weight is 502 g/mol. The van der Waals surface area contributed by atoms with Gasteiger partial charge >= 0.3 is 11.9 Å². The number of hydrogen-bond acceptors (Lipinski definition) is 9. The standard InChI is InChI=1S/C28H22O9/c1-33-22-5-3-4-17(27(22)36-14-24(31)34-2)19-12-23(30)37-21-11-10-18-26(32)20(13-35-28(18)25(19)21)15-6-8-16(29)9-7-15/h3-11,13,19,29H,12,14H2,1-2H3/t19-/m0/s1. The molecule has 188 valence electrons. The topological polar surface area (TPSA) is 122 Å². The lowest BCUT2D eigenvalue weighted by atomic mass is 9.84. The van der Waals surface area contributed by atoms with Crippen molar-refractivity contribution in [2.45, 2.75) is 12.3 Å². The number of carbonyl (C=O) groups is 2. The summed E-state index contributed by atoms with van der Waals surface area (Å²) in [7, 11) is 2.72. The third kappa shape index (κ3) is 4.35. The summed E-state index contributed by atoms with van der Waals surface area (Å²) in [5.41, 5.74) is 1.95. The zero-order chi connectivity index (χ0) is 26.1. The molecule has 0 saturated heterocycles. The van der Waals surface area contributed by atoms with Crippen molar-refractivity contribution in [1.82, 2.24) is 0 Å². The van der Waals surface area contributed by atoms with Gasteiger partial charge < -0.3 is 28.5 Å². The lowest BCUT2D eigenvalue weighted by Gasteiger charge is -2.27. The number of carbonyl (C=O) groups excluding carboxylic acids is 2. The molecule has 0 amide bonds. The highest BCUT2D eigenvalue weighted by Gasteiger charge is 2.34. The van der Waals surface area contributed by atoms with Crippen LogP contribution in [0.25, 0.3) is 22.1 Å². The molecule has 0 spiro atoms. The number of hydrogen-bond donors (Lipinski definition) is 1. The molecule has 1 aliphatic rings. The van der Waals surface area contributed by atoms with E-state index < -0.39 is 17.9 Å². The largest absolute Gasteiger partial charge is 0.508 e. The van der Waals surface area contributed by atoms with Gasteiger partial charge in [-0.05, 0) is 35.9 Å². The van der Waals surface area contributed by atoms with Crippen LogP contribution in [0.1, 0.15) is 23.5 Å². The van der Waals surface area contributed by atoms with Crippen molar-refractivity contribution in [3.05, 3.63) is 82.2 Å². The van der Waals surface area contributed by atoms with E-state index in [1.807, 2.05) is 0 Å². The fourth-order valence-electron chi connectivity index (χ4n) is 4.47. The second-order valence-electron chi connectivity index (χ2n) is 8.35. The van der Waals surface area contributed by atoms with E-state index >= 15 is 0 Å². The van der Waals surface area contributed by atoms with E-state index in [-0.39, 0.29) is 41.3 Å². The molecule has 37 heavy (non-hydrogen) atoms. The Labute approximate surface area is 210 Å². The number of para-hydroxylation sites is 1. The van der Waals surface area contributed by atoms with Crippen LogP contribution >= 0.6 is 0 Å². The van der Waals surface area contributed by atoms with Crippen molar-refractivity contribution in [2.24, 2.45) is 0 Å². The Bertz CT molecular complexity index is 1570. The van der Waals surface area contributed by atoms with Crippen LogP contribution in [0.4, 0.5) is 0 Å². The van der Waals surface area contributed by atoms with E-state index in [1.165, 1.54) is 32.6 Å². The zero-order valence-electron chi connectivity index (χ0n) is 20.0. The van der Waals surface area contributed by atoms with Crippen LogP contribution in [-0.2, 0) is 14.3 Å².